The summed E-state index contributed by atoms with van der Waals surface area (Å²) in [4.78, 5) is 6.89. The van der Waals surface area contributed by atoms with E-state index in [-0.39, 0.29) is 11.8 Å². The number of fused-ring (bicyclic) bond motifs is 2. The van der Waals surface area contributed by atoms with Gasteiger partial charge in [-0.2, -0.15) is 0 Å². The molecule has 2 aliphatic rings. The van der Waals surface area contributed by atoms with Gasteiger partial charge < -0.3 is 9.67 Å². The molecule has 2 atom stereocenters. The second kappa shape index (κ2) is 6.58. The van der Waals surface area contributed by atoms with Crippen molar-refractivity contribution in [2.24, 2.45) is 18.9 Å². The van der Waals surface area contributed by atoms with Gasteiger partial charge in [-0.15, -0.1) is 0 Å². The van der Waals surface area contributed by atoms with Crippen LogP contribution >= 0.6 is 23.2 Å². The Morgan fingerprint density at radius 3 is 2.60 bits per heavy atom. The molecule has 1 aliphatic carbocycles. The standard InChI is InChI=1S/C19H23Cl2N3O/c1-23-9-8-22-18(23)19(25)14-5-3-6-15(19)12-24(11-14)10-13-4-2-7-16(20)17(13)21/h2,4,7-9,14-15,25H,3,5-6,10-12H2,1H3/t14-,15-/m1/s1. The van der Waals surface area contributed by atoms with Gasteiger partial charge in [-0.1, -0.05) is 41.8 Å². The first-order chi connectivity index (χ1) is 12.0. The molecule has 0 unspecified atom stereocenters. The van der Waals surface area contributed by atoms with Crippen molar-refractivity contribution in [1.29, 1.82) is 0 Å². The van der Waals surface area contributed by atoms with Crippen molar-refractivity contribution in [3.05, 3.63) is 52.0 Å². The molecule has 2 heterocycles. The van der Waals surface area contributed by atoms with E-state index < -0.39 is 5.60 Å². The van der Waals surface area contributed by atoms with Crippen molar-refractivity contribution in [2.75, 3.05) is 13.1 Å². The van der Waals surface area contributed by atoms with Crippen LogP contribution in [0, 0.1) is 11.8 Å². The van der Waals surface area contributed by atoms with E-state index in [4.69, 9.17) is 23.2 Å². The Morgan fingerprint density at radius 2 is 1.96 bits per heavy atom. The minimum atomic E-state index is -0.828. The Kier molecular flexibility index (Phi) is 4.57. The van der Waals surface area contributed by atoms with Crippen molar-refractivity contribution in [3.8, 4) is 0 Å². The number of aryl methyl sites for hydroxylation is 1. The maximum atomic E-state index is 11.6. The van der Waals surface area contributed by atoms with Gasteiger partial charge in [0.25, 0.3) is 0 Å². The number of nitrogens with zero attached hydrogens (tertiary/aromatic N) is 3. The molecule has 2 fully saturated rings. The highest BCUT2D eigenvalue weighted by Gasteiger charge is 2.53. The molecule has 1 saturated heterocycles. The number of likely N-dealkylation sites (tertiary alicyclic amines) is 1. The van der Waals surface area contributed by atoms with Crippen LogP contribution in [0.1, 0.15) is 30.7 Å². The SMILES string of the molecule is Cn1ccnc1C1(O)[C@@H]2CCC[C@@H]1CN(Cc1cccc(Cl)c1Cl)C2. The lowest BCUT2D eigenvalue weighted by molar-refractivity contribution is -0.155. The summed E-state index contributed by atoms with van der Waals surface area (Å²) >= 11 is 12.5. The first kappa shape index (κ1) is 17.3. The summed E-state index contributed by atoms with van der Waals surface area (Å²) in [5.41, 5.74) is 0.222. The molecule has 0 radical (unpaired) electrons. The number of rotatable bonds is 3. The summed E-state index contributed by atoms with van der Waals surface area (Å²) in [5.74, 6) is 1.20. The van der Waals surface area contributed by atoms with E-state index in [0.717, 1.165) is 43.9 Å². The summed E-state index contributed by atoms with van der Waals surface area (Å²) in [6.45, 7) is 2.47. The summed E-state index contributed by atoms with van der Waals surface area (Å²) in [7, 11) is 1.97. The number of aliphatic hydroxyl groups is 1. The van der Waals surface area contributed by atoms with Gasteiger partial charge in [-0.05, 0) is 24.5 Å². The Morgan fingerprint density at radius 1 is 1.24 bits per heavy atom. The minimum absolute atomic E-state index is 0.194. The number of benzene rings is 1. The zero-order valence-corrected chi connectivity index (χ0v) is 15.8. The molecular weight excluding hydrogens is 357 g/mol. The third-order valence-corrected chi connectivity index (χ3v) is 6.77. The van der Waals surface area contributed by atoms with Gasteiger partial charge in [0, 0.05) is 50.9 Å². The predicted octanol–water partition coefficient (Wildman–Crippen LogP) is 3.85. The Labute approximate surface area is 158 Å². The molecule has 134 valence electrons. The number of hydrogen-bond donors (Lipinski definition) is 1. The topological polar surface area (TPSA) is 41.3 Å². The van der Waals surface area contributed by atoms with Crippen LogP contribution in [-0.4, -0.2) is 32.6 Å². The van der Waals surface area contributed by atoms with Crippen molar-refractivity contribution in [1.82, 2.24) is 14.5 Å². The normalized spacial score (nSPS) is 29.8. The maximum absolute atomic E-state index is 11.6. The molecule has 2 aromatic rings. The van der Waals surface area contributed by atoms with Crippen LogP contribution in [0.5, 0.6) is 0 Å². The van der Waals surface area contributed by atoms with Crippen LogP contribution < -0.4 is 0 Å². The first-order valence-corrected chi connectivity index (χ1v) is 9.61. The number of hydrogen-bond acceptors (Lipinski definition) is 3. The molecule has 0 amide bonds. The Hall–Kier alpha value is -1.07. The van der Waals surface area contributed by atoms with Crippen molar-refractivity contribution in [2.45, 2.75) is 31.4 Å². The number of halogens is 2. The quantitative estimate of drug-likeness (QED) is 0.880. The Balaban J connectivity index is 1.59. The second-order valence-electron chi connectivity index (χ2n) is 7.42. The summed E-state index contributed by atoms with van der Waals surface area (Å²) in [5, 5.41) is 12.9. The molecule has 4 nitrogen and oxygen atoms in total. The molecule has 1 saturated carbocycles. The van der Waals surface area contributed by atoms with E-state index in [1.807, 2.05) is 36.0 Å². The van der Waals surface area contributed by atoms with Crippen LogP contribution in [-0.2, 0) is 19.2 Å². The van der Waals surface area contributed by atoms with Gasteiger partial charge in [0.2, 0.25) is 0 Å². The smallest absolute Gasteiger partial charge is 0.141 e. The summed E-state index contributed by atoms with van der Waals surface area (Å²) < 4.78 is 1.97. The van der Waals surface area contributed by atoms with Gasteiger partial charge in [0.05, 0.1) is 10.0 Å². The monoisotopic (exact) mass is 379 g/mol. The Bertz CT molecular complexity index is 762. The maximum Gasteiger partial charge on any atom is 0.141 e. The van der Waals surface area contributed by atoms with E-state index in [0.29, 0.717) is 10.0 Å². The van der Waals surface area contributed by atoms with Crippen LogP contribution in [0.3, 0.4) is 0 Å². The molecular formula is C19H23Cl2N3O. The second-order valence-corrected chi connectivity index (χ2v) is 8.20. The van der Waals surface area contributed by atoms with E-state index in [2.05, 4.69) is 9.88 Å². The summed E-state index contributed by atoms with van der Waals surface area (Å²) in [6, 6.07) is 5.79. The molecule has 4 rings (SSSR count). The third kappa shape index (κ3) is 2.89. The predicted molar refractivity (Wildman–Crippen MR) is 99.7 cm³/mol. The van der Waals surface area contributed by atoms with E-state index in [1.54, 1.807) is 6.20 Å². The highest BCUT2D eigenvalue weighted by molar-refractivity contribution is 6.42. The molecule has 1 aromatic carbocycles. The molecule has 25 heavy (non-hydrogen) atoms. The van der Waals surface area contributed by atoms with Crippen LogP contribution in [0.25, 0.3) is 0 Å². The minimum Gasteiger partial charge on any atom is -0.381 e. The lowest BCUT2D eigenvalue weighted by Crippen LogP contribution is -2.58. The average Bonchev–Trinajstić information content (AvgIpc) is 2.99. The lowest BCUT2D eigenvalue weighted by Gasteiger charge is -2.52. The number of aromatic nitrogens is 2. The third-order valence-electron chi connectivity index (χ3n) is 5.91. The fourth-order valence-electron chi connectivity index (χ4n) is 4.70. The molecule has 2 bridgehead atoms. The van der Waals surface area contributed by atoms with Crippen molar-refractivity contribution >= 4 is 23.2 Å². The fourth-order valence-corrected chi connectivity index (χ4v) is 5.08. The van der Waals surface area contributed by atoms with Gasteiger partial charge in [0.1, 0.15) is 11.4 Å². The van der Waals surface area contributed by atoms with Crippen LogP contribution in [0.4, 0.5) is 0 Å². The molecule has 1 N–H and O–H groups in total. The van der Waals surface area contributed by atoms with Crippen molar-refractivity contribution < 1.29 is 5.11 Å². The van der Waals surface area contributed by atoms with Gasteiger partial charge in [-0.3, -0.25) is 4.90 Å². The first-order valence-electron chi connectivity index (χ1n) is 8.85. The zero-order valence-electron chi connectivity index (χ0n) is 14.3. The molecule has 1 aliphatic heterocycles. The van der Waals surface area contributed by atoms with Gasteiger partial charge in [0.15, 0.2) is 0 Å². The highest BCUT2D eigenvalue weighted by atomic mass is 35.5. The molecule has 0 spiro atoms. The largest absolute Gasteiger partial charge is 0.381 e. The fraction of sp³-hybridized carbons (Fsp3) is 0.526. The number of piperidine rings is 1. The average molecular weight is 380 g/mol. The van der Waals surface area contributed by atoms with Crippen molar-refractivity contribution in [3.63, 3.8) is 0 Å². The lowest BCUT2D eigenvalue weighted by atomic mass is 9.65. The van der Waals surface area contributed by atoms with Crippen LogP contribution in [0.15, 0.2) is 30.6 Å². The van der Waals surface area contributed by atoms with Crippen LogP contribution in [0.2, 0.25) is 10.0 Å². The highest BCUT2D eigenvalue weighted by Crippen LogP contribution is 2.48. The summed E-state index contributed by atoms with van der Waals surface area (Å²) in [6.07, 6.45) is 6.93. The zero-order chi connectivity index (χ0) is 17.6. The van der Waals surface area contributed by atoms with E-state index >= 15 is 0 Å². The van der Waals surface area contributed by atoms with E-state index in [9.17, 15) is 5.11 Å². The van der Waals surface area contributed by atoms with Gasteiger partial charge >= 0.3 is 0 Å². The molecule has 6 heteroatoms. The van der Waals surface area contributed by atoms with Gasteiger partial charge in [-0.25, -0.2) is 4.98 Å². The number of imidazole rings is 1. The molecule has 1 aromatic heterocycles. The van der Waals surface area contributed by atoms with E-state index in [1.165, 1.54) is 6.42 Å².